The van der Waals surface area contributed by atoms with Gasteiger partial charge in [-0.25, -0.2) is 9.59 Å². The van der Waals surface area contributed by atoms with Crippen LogP contribution in [0.15, 0.2) is 12.2 Å². The number of carboxylic acids is 2. The van der Waals surface area contributed by atoms with Crippen molar-refractivity contribution < 1.29 is 35.1 Å². The van der Waals surface area contributed by atoms with Gasteiger partial charge in [0.25, 0.3) is 0 Å². The molecule has 0 saturated heterocycles. The summed E-state index contributed by atoms with van der Waals surface area (Å²) in [6, 6.07) is 0. The third kappa shape index (κ3) is 16.9. The first-order valence-corrected chi connectivity index (χ1v) is 3.47. The molecule has 0 amide bonds. The zero-order valence-electron chi connectivity index (χ0n) is 7.20. The average Bonchev–Trinajstić information content (AvgIpc) is 2.14. The minimum atomic E-state index is -1.26. The van der Waals surface area contributed by atoms with Crippen LogP contribution in [0.25, 0.3) is 0 Å². The summed E-state index contributed by atoms with van der Waals surface area (Å²) in [4.78, 5) is 19.1. The van der Waals surface area contributed by atoms with Crippen molar-refractivity contribution in [2.24, 2.45) is 0 Å². The van der Waals surface area contributed by atoms with E-state index in [1.165, 1.54) is 0 Å². The summed E-state index contributed by atoms with van der Waals surface area (Å²) in [5, 5.41) is 39.6. The van der Waals surface area contributed by atoms with E-state index >= 15 is 0 Å². The number of carbonyl (C=O) groups is 2. The monoisotopic (exact) mass is 208 g/mol. The van der Waals surface area contributed by atoms with E-state index in [1.54, 1.807) is 0 Å². The van der Waals surface area contributed by atoms with Crippen LogP contribution in [-0.2, 0) is 9.59 Å². The summed E-state index contributed by atoms with van der Waals surface area (Å²) in [6.45, 7) is -0.729. The molecule has 0 radical (unpaired) electrons. The van der Waals surface area contributed by atoms with E-state index in [-0.39, 0.29) is 13.2 Å². The lowest BCUT2D eigenvalue weighted by molar-refractivity contribution is -0.134. The zero-order valence-corrected chi connectivity index (χ0v) is 7.20. The fourth-order valence-electron chi connectivity index (χ4n) is 0.200. The molecule has 0 rings (SSSR count). The third-order valence-electron chi connectivity index (χ3n) is 0.790. The van der Waals surface area contributed by atoms with Crippen LogP contribution in [0.1, 0.15) is 0 Å². The molecular formula is C7H12O7. The Morgan fingerprint density at radius 3 is 1.36 bits per heavy atom. The molecule has 0 aliphatic rings. The molecule has 0 aliphatic carbocycles. The second-order valence-electron chi connectivity index (χ2n) is 2.03. The van der Waals surface area contributed by atoms with E-state index in [4.69, 9.17) is 25.5 Å². The van der Waals surface area contributed by atoms with E-state index < -0.39 is 18.0 Å². The maximum absolute atomic E-state index is 9.55. The van der Waals surface area contributed by atoms with Gasteiger partial charge in [0.2, 0.25) is 0 Å². The highest BCUT2D eigenvalue weighted by Crippen LogP contribution is 1.71. The predicted octanol–water partition coefficient (Wildman–Crippen LogP) is -1.96. The minimum absolute atomic E-state index is 0.365. The molecule has 5 N–H and O–H groups in total. The molecule has 0 spiro atoms. The van der Waals surface area contributed by atoms with E-state index in [0.29, 0.717) is 12.2 Å². The first-order valence-electron chi connectivity index (χ1n) is 3.47. The second-order valence-corrected chi connectivity index (χ2v) is 2.03. The van der Waals surface area contributed by atoms with Crippen molar-refractivity contribution in [2.45, 2.75) is 6.10 Å². The van der Waals surface area contributed by atoms with Crippen LogP contribution in [0.3, 0.4) is 0 Å². The first kappa shape index (κ1) is 15.1. The largest absolute Gasteiger partial charge is 0.478 e. The van der Waals surface area contributed by atoms with Gasteiger partial charge in [-0.1, -0.05) is 0 Å². The third-order valence-corrected chi connectivity index (χ3v) is 0.790. The number of aliphatic carboxylic acids is 2. The van der Waals surface area contributed by atoms with Crippen LogP contribution in [0.4, 0.5) is 0 Å². The molecule has 0 atom stereocenters. The standard InChI is InChI=1S/C4H4O4.C3H8O3/c5-3(6)1-2-4(7)8;4-1-3(6)2-5/h1-2H,(H,5,6)(H,7,8);3-6H,1-2H2. The van der Waals surface area contributed by atoms with E-state index in [0.717, 1.165) is 0 Å². The normalized spacial score (nSPS) is 9.71. The zero-order chi connectivity index (χ0) is 11.6. The molecule has 0 aromatic rings. The van der Waals surface area contributed by atoms with Gasteiger partial charge in [0.15, 0.2) is 0 Å². The topological polar surface area (TPSA) is 135 Å². The van der Waals surface area contributed by atoms with Crippen LogP contribution >= 0.6 is 0 Å². The summed E-state index contributed by atoms with van der Waals surface area (Å²) >= 11 is 0. The predicted molar refractivity (Wildman–Crippen MR) is 44.6 cm³/mol. The van der Waals surface area contributed by atoms with Crippen molar-refractivity contribution in [3.63, 3.8) is 0 Å². The average molecular weight is 208 g/mol. The Kier molecular flexibility index (Phi) is 10.4. The highest BCUT2D eigenvalue weighted by molar-refractivity contribution is 5.89. The summed E-state index contributed by atoms with van der Waals surface area (Å²) in [5.74, 6) is -2.51. The Bertz CT molecular complexity index is 178. The Morgan fingerprint density at radius 2 is 1.29 bits per heavy atom. The van der Waals surface area contributed by atoms with Crippen molar-refractivity contribution >= 4 is 11.9 Å². The van der Waals surface area contributed by atoms with Crippen molar-refractivity contribution in [1.82, 2.24) is 0 Å². The molecule has 7 heteroatoms. The van der Waals surface area contributed by atoms with E-state index in [2.05, 4.69) is 0 Å². The van der Waals surface area contributed by atoms with Gasteiger partial charge in [-0.2, -0.15) is 0 Å². The smallest absolute Gasteiger partial charge is 0.328 e. The van der Waals surface area contributed by atoms with E-state index in [9.17, 15) is 9.59 Å². The van der Waals surface area contributed by atoms with Crippen LogP contribution < -0.4 is 0 Å². The maximum atomic E-state index is 9.55. The molecular weight excluding hydrogens is 196 g/mol. The van der Waals surface area contributed by atoms with Crippen LogP contribution in [0.2, 0.25) is 0 Å². The molecule has 14 heavy (non-hydrogen) atoms. The molecule has 82 valence electrons. The van der Waals surface area contributed by atoms with Gasteiger partial charge in [-0.05, 0) is 0 Å². The summed E-state index contributed by atoms with van der Waals surface area (Å²) in [7, 11) is 0. The van der Waals surface area contributed by atoms with Crippen molar-refractivity contribution in [2.75, 3.05) is 13.2 Å². The van der Waals surface area contributed by atoms with Crippen LogP contribution in [0, 0.1) is 0 Å². The fourth-order valence-corrected chi connectivity index (χ4v) is 0.200. The molecule has 0 unspecified atom stereocenters. The first-order chi connectivity index (χ1) is 6.43. The Morgan fingerprint density at radius 1 is 1.00 bits per heavy atom. The Labute approximate surface area is 79.5 Å². The van der Waals surface area contributed by atoms with Gasteiger partial charge in [-0.15, -0.1) is 0 Å². The molecule has 0 fully saturated rings. The number of hydrogen-bond donors (Lipinski definition) is 5. The molecule has 0 aliphatic heterocycles. The highest BCUT2D eigenvalue weighted by Gasteiger charge is 1.93. The van der Waals surface area contributed by atoms with Gasteiger partial charge in [0.05, 0.1) is 13.2 Å². The molecule has 7 nitrogen and oxygen atoms in total. The lowest BCUT2D eigenvalue weighted by Gasteiger charge is -1.96. The molecule has 0 aromatic carbocycles. The van der Waals surface area contributed by atoms with Gasteiger partial charge in [-0.3, -0.25) is 0 Å². The minimum Gasteiger partial charge on any atom is -0.478 e. The van der Waals surface area contributed by atoms with E-state index in [1.807, 2.05) is 0 Å². The number of aliphatic hydroxyl groups excluding tert-OH is 3. The number of carboxylic acid groups (broad SMARTS) is 2. The second kappa shape index (κ2) is 9.65. The Balaban J connectivity index is 0. The van der Waals surface area contributed by atoms with Crippen molar-refractivity contribution in [3.8, 4) is 0 Å². The number of aliphatic hydroxyl groups is 3. The van der Waals surface area contributed by atoms with Gasteiger partial charge in [0.1, 0.15) is 6.10 Å². The lowest BCUT2D eigenvalue weighted by atomic mass is 10.4. The highest BCUT2D eigenvalue weighted by atomic mass is 16.4. The summed E-state index contributed by atoms with van der Waals surface area (Å²) < 4.78 is 0. The molecule has 0 bridgehead atoms. The summed E-state index contributed by atoms with van der Waals surface area (Å²) in [6.07, 6.45) is 0.162. The molecule has 0 aromatic heterocycles. The molecule has 0 heterocycles. The Hall–Kier alpha value is -1.44. The fraction of sp³-hybridized carbons (Fsp3) is 0.429. The molecule has 0 saturated carbocycles. The summed E-state index contributed by atoms with van der Waals surface area (Å²) in [5.41, 5.74) is 0. The van der Waals surface area contributed by atoms with Crippen LogP contribution in [-0.4, -0.2) is 56.8 Å². The quantitative estimate of drug-likeness (QED) is 0.338. The van der Waals surface area contributed by atoms with Gasteiger partial charge < -0.3 is 25.5 Å². The SMILES string of the molecule is O=C(O)C=CC(=O)O.OCC(O)CO. The van der Waals surface area contributed by atoms with Crippen molar-refractivity contribution in [3.05, 3.63) is 12.2 Å². The van der Waals surface area contributed by atoms with Crippen molar-refractivity contribution in [1.29, 1.82) is 0 Å². The van der Waals surface area contributed by atoms with Crippen LogP contribution in [0.5, 0.6) is 0 Å². The maximum Gasteiger partial charge on any atom is 0.328 e. The number of rotatable bonds is 4. The van der Waals surface area contributed by atoms with Gasteiger partial charge in [0, 0.05) is 12.2 Å². The number of hydrogen-bond acceptors (Lipinski definition) is 5. The lowest BCUT2D eigenvalue weighted by Crippen LogP contribution is -2.15. The van der Waals surface area contributed by atoms with Gasteiger partial charge >= 0.3 is 11.9 Å².